The van der Waals surface area contributed by atoms with Crippen molar-refractivity contribution in [3.8, 4) is 11.5 Å². The molecule has 1 aliphatic carbocycles. The van der Waals surface area contributed by atoms with Crippen molar-refractivity contribution in [1.29, 1.82) is 0 Å². The molecule has 2 aliphatic rings. The van der Waals surface area contributed by atoms with Gasteiger partial charge in [0.1, 0.15) is 19.3 Å². The van der Waals surface area contributed by atoms with E-state index in [0.29, 0.717) is 35.7 Å². The van der Waals surface area contributed by atoms with Crippen LogP contribution in [0.2, 0.25) is 5.02 Å². The molecule has 0 saturated heterocycles. The number of hydrogen-bond acceptors (Lipinski definition) is 5. The van der Waals surface area contributed by atoms with Crippen LogP contribution in [-0.4, -0.2) is 33.6 Å². The molecular weight excluding hydrogens is 452 g/mol. The molecule has 32 heavy (non-hydrogen) atoms. The predicted molar refractivity (Wildman–Crippen MR) is 121 cm³/mol. The summed E-state index contributed by atoms with van der Waals surface area (Å²) < 4.78 is 39.7. The van der Waals surface area contributed by atoms with Gasteiger partial charge in [0.2, 0.25) is 15.9 Å². The van der Waals surface area contributed by atoms with Crippen LogP contribution in [0.25, 0.3) is 0 Å². The second-order valence-corrected chi connectivity index (χ2v) is 10.7. The van der Waals surface area contributed by atoms with Gasteiger partial charge in [0, 0.05) is 11.1 Å². The van der Waals surface area contributed by atoms with Crippen LogP contribution in [0, 0.1) is 11.8 Å². The van der Waals surface area contributed by atoms with Gasteiger partial charge in [-0.05, 0) is 54.5 Å². The number of carbonyl (C=O) groups excluding carboxylic acids is 1. The Morgan fingerprint density at radius 1 is 1.03 bits per heavy atom. The fraction of sp³-hybridized carbons (Fsp3) is 0.435. The Morgan fingerprint density at radius 3 is 2.31 bits per heavy atom. The summed E-state index contributed by atoms with van der Waals surface area (Å²) in [7, 11) is -3.96. The molecule has 2 aromatic rings. The number of ether oxygens (including phenoxy) is 2. The van der Waals surface area contributed by atoms with Crippen molar-refractivity contribution in [3.63, 3.8) is 0 Å². The van der Waals surface area contributed by atoms with Crippen LogP contribution in [0.1, 0.15) is 38.3 Å². The van der Waals surface area contributed by atoms with Gasteiger partial charge in [-0.1, -0.05) is 37.6 Å². The zero-order valence-electron chi connectivity index (χ0n) is 18.0. The summed E-state index contributed by atoms with van der Waals surface area (Å²) in [6.07, 6.45) is 2.03. The highest BCUT2D eigenvalue weighted by molar-refractivity contribution is 7.89. The maximum Gasteiger partial charge on any atom is 0.241 e. The molecule has 1 saturated carbocycles. The van der Waals surface area contributed by atoms with Crippen molar-refractivity contribution in [1.82, 2.24) is 10.0 Å². The number of amides is 1. The number of carbonyl (C=O) groups is 1. The molecule has 0 bridgehead atoms. The summed E-state index contributed by atoms with van der Waals surface area (Å²) in [4.78, 5) is 13.2. The molecule has 0 spiro atoms. The number of halogens is 1. The van der Waals surface area contributed by atoms with E-state index in [0.717, 1.165) is 18.4 Å². The lowest BCUT2D eigenvalue weighted by Gasteiger charge is -2.26. The average molecular weight is 479 g/mol. The first-order chi connectivity index (χ1) is 15.2. The maximum atomic E-state index is 13.2. The van der Waals surface area contributed by atoms with E-state index >= 15 is 0 Å². The van der Waals surface area contributed by atoms with Gasteiger partial charge in [-0.15, -0.1) is 0 Å². The molecular formula is C23H27ClN2O5S. The normalized spacial score (nSPS) is 17.6. The molecule has 1 fully saturated rings. The number of nitrogens with one attached hydrogen (secondary N) is 2. The molecule has 0 radical (unpaired) electrons. The van der Waals surface area contributed by atoms with Crippen molar-refractivity contribution < 1.29 is 22.7 Å². The van der Waals surface area contributed by atoms with Gasteiger partial charge in [0.05, 0.1) is 10.9 Å². The standard InChI is InChI=1S/C23H27ClN2O5S/c1-14(2)21(23(27)25-22(15-3-4-15)16-5-7-17(24)8-6-16)26-32(28,29)18-9-10-19-20(13-18)31-12-11-30-19/h5-10,13-15,21-22,26H,3-4,11-12H2,1-2H3,(H,25,27)/t21-,22+/m0/s1. The molecule has 0 unspecified atom stereocenters. The van der Waals surface area contributed by atoms with Crippen molar-refractivity contribution in [2.24, 2.45) is 11.8 Å². The zero-order valence-corrected chi connectivity index (χ0v) is 19.6. The van der Waals surface area contributed by atoms with Crippen LogP contribution in [-0.2, 0) is 14.8 Å². The van der Waals surface area contributed by atoms with Gasteiger partial charge in [-0.3, -0.25) is 4.79 Å². The minimum absolute atomic E-state index is 0.0247. The molecule has 1 heterocycles. The molecule has 7 nitrogen and oxygen atoms in total. The van der Waals surface area contributed by atoms with E-state index in [1.165, 1.54) is 12.1 Å². The summed E-state index contributed by atoms with van der Waals surface area (Å²) in [5, 5.41) is 3.69. The molecule has 172 valence electrons. The van der Waals surface area contributed by atoms with Crippen LogP contribution >= 0.6 is 11.6 Å². The topological polar surface area (TPSA) is 93.7 Å². The summed E-state index contributed by atoms with van der Waals surface area (Å²) in [5.74, 6) is 0.604. The Balaban J connectivity index is 1.52. The lowest BCUT2D eigenvalue weighted by atomic mass is 10.00. The van der Waals surface area contributed by atoms with Gasteiger partial charge in [-0.2, -0.15) is 4.72 Å². The predicted octanol–water partition coefficient (Wildman–Crippen LogP) is 3.68. The third kappa shape index (κ3) is 5.19. The summed E-state index contributed by atoms with van der Waals surface area (Å²) in [6.45, 7) is 4.40. The van der Waals surface area contributed by atoms with Gasteiger partial charge < -0.3 is 14.8 Å². The minimum atomic E-state index is -3.96. The van der Waals surface area contributed by atoms with Crippen molar-refractivity contribution in [2.75, 3.05) is 13.2 Å². The second kappa shape index (κ2) is 9.29. The highest BCUT2D eigenvalue weighted by Crippen LogP contribution is 2.41. The Morgan fingerprint density at radius 2 is 1.69 bits per heavy atom. The number of rotatable bonds is 8. The third-order valence-electron chi connectivity index (χ3n) is 5.68. The SMILES string of the molecule is CC(C)[C@H](NS(=O)(=O)c1ccc2c(c1)OCCO2)C(=O)N[C@@H](c1ccc(Cl)cc1)C1CC1. The molecule has 4 rings (SSSR count). The number of hydrogen-bond donors (Lipinski definition) is 2. The quantitative estimate of drug-likeness (QED) is 0.603. The first-order valence-electron chi connectivity index (χ1n) is 10.7. The van der Waals surface area contributed by atoms with E-state index < -0.39 is 16.1 Å². The van der Waals surface area contributed by atoms with E-state index in [9.17, 15) is 13.2 Å². The van der Waals surface area contributed by atoms with Crippen LogP contribution in [0.15, 0.2) is 47.4 Å². The maximum absolute atomic E-state index is 13.2. The lowest BCUT2D eigenvalue weighted by molar-refractivity contribution is -0.124. The smallest absolute Gasteiger partial charge is 0.241 e. The highest BCUT2D eigenvalue weighted by atomic mass is 35.5. The van der Waals surface area contributed by atoms with Crippen LogP contribution < -0.4 is 19.5 Å². The number of sulfonamides is 1. The summed E-state index contributed by atoms with van der Waals surface area (Å²) in [5.41, 5.74) is 0.961. The molecule has 9 heteroatoms. The highest BCUT2D eigenvalue weighted by Gasteiger charge is 2.36. The largest absolute Gasteiger partial charge is 0.486 e. The van der Waals surface area contributed by atoms with E-state index in [2.05, 4.69) is 10.0 Å². The van der Waals surface area contributed by atoms with E-state index in [4.69, 9.17) is 21.1 Å². The van der Waals surface area contributed by atoms with Gasteiger partial charge in [0.25, 0.3) is 0 Å². The van der Waals surface area contributed by atoms with Gasteiger partial charge >= 0.3 is 0 Å². The Hall–Kier alpha value is -2.29. The Kier molecular flexibility index (Phi) is 6.65. The van der Waals surface area contributed by atoms with E-state index in [-0.39, 0.29) is 22.8 Å². The Labute approximate surface area is 193 Å². The first-order valence-corrected chi connectivity index (χ1v) is 12.6. The van der Waals surface area contributed by atoms with E-state index in [1.807, 2.05) is 26.0 Å². The van der Waals surface area contributed by atoms with Crippen LogP contribution in [0.5, 0.6) is 11.5 Å². The van der Waals surface area contributed by atoms with E-state index in [1.54, 1.807) is 18.2 Å². The summed E-state index contributed by atoms with van der Waals surface area (Å²) in [6, 6.07) is 10.7. The van der Waals surface area contributed by atoms with Crippen molar-refractivity contribution in [2.45, 2.75) is 43.7 Å². The van der Waals surface area contributed by atoms with Gasteiger partial charge in [-0.25, -0.2) is 8.42 Å². The molecule has 2 atom stereocenters. The zero-order chi connectivity index (χ0) is 22.9. The average Bonchev–Trinajstić information content (AvgIpc) is 3.61. The molecule has 2 N–H and O–H groups in total. The lowest BCUT2D eigenvalue weighted by Crippen LogP contribution is -2.50. The fourth-order valence-electron chi connectivity index (χ4n) is 3.73. The minimum Gasteiger partial charge on any atom is -0.486 e. The molecule has 1 amide bonds. The third-order valence-corrected chi connectivity index (χ3v) is 7.37. The van der Waals surface area contributed by atoms with Crippen LogP contribution in [0.4, 0.5) is 0 Å². The Bertz CT molecular complexity index is 1080. The van der Waals surface area contributed by atoms with Crippen molar-refractivity contribution >= 4 is 27.5 Å². The number of fused-ring (bicyclic) bond motifs is 1. The fourth-order valence-corrected chi connectivity index (χ4v) is 5.22. The first kappa shape index (κ1) is 22.9. The van der Waals surface area contributed by atoms with Crippen molar-refractivity contribution in [3.05, 3.63) is 53.1 Å². The van der Waals surface area contributed by atoms with Gasteiger partial charge in [0.15, 0.2) is 11.5 Å². The van der Waals surface area contributed by atoms with Crippen LogP contribution in [0.3, 0.4) is 0 Å². The summed E-state index contributed by atoms with van der Waals surface area (Å²) >= 11 is 6.00. The second-order valence-electron chi connectivity index (χ2n) is 8.52. The molecule has 2 aromatic carbocycles. The monoisotopic (exact) mass is 478 g/mol. The molecule has 1 aliphatic heterocycles. The number of benzene rings is 2. The molecule has 0 aromatic heterocycles.